The number of ether oxygens (including phenoxy) is 5. The maximum absolute atomic E-state index is 13.0. The van der Waals surface area contributed by atoms with Crippen LogP contribution in [0.15, 0.2) is 30.3 Å². The van der Waals surface area contributed by atoms with Crippen molar-refractivity contribution in [3.8, 4) is 28.7 Å². The topological polar surface area (TPSA) is 99.3 Å². The van der Waals surface area contributed by atoms with Crippen LogP contribution in [0.4, 0.5) is 0 Å². The molecule has 1 fully saturated rings. The third-order valence-corrected chi connectivity index (χ3v) is 5.34. The van der Waals surface area contributed by atoms with Gasteiger partial charge in [0.15, 0.2) is 11.5 Å². The van der Waals surface area contributed by atoms with Crippen LogP contribution in [0, 0.1) is 0 Å². The Bertz CT molecular complexity index is 888. The molecule has 1 saturated heterocycles. The molecular formula is C22H29N3O6. The van der Waals surface area contributed by atoms with Gasteiger partial charge in [-0.15, -0.1) is 0 Å². The standard InChI is InChI=1S/C22H29N3O6/c1-12-19(13-9-17(29-4)20(31-6)18(10-13)30-5)21(25-24-12)23-22(26)14-7-15(27-2)11-16(8-14)28-3/h7-12,19,21,24-25H,1-6H3,(H,23,26). The molecule has 0 aromatic heterocycles. The highest BCUT2D eigenvalue weighted by Crippen LogP contribution is 2.41. The highest BCUT2D eigenvalue weighted by atomic mass is 16.5. The molecule has 3 unspecified atom stereocenters. The lowest BCUT2D eigenvalue weighted by atomic mass is 9.90. The Hall–Kier alpha value is -3.17. The van der Waals surface area contributed by atoms with Gasteiger partial charge in [0.25, 0.3) is 5.91 Å². The van der Waals surface area contributed by atoms with Gasteiger partial charge in [0.2, 0.25) is 5.75 Å². The molecule has 0 aliphatic carbocycles. The van der Waals surface area contributed by atoms with E-state index in [1.165, 1.54) is 0 Å². The summed E-state index contributed by atoms with van der Waals surface area (Å²) in [7, 11) is 7.80. The first-order chi connectivity index (χ1) is 14.9. The van der Waals surface area contributed by atoms with Gasteiger partial charge in [0, 0.05) is 23.6 Å². The number of benzene rings is 2. The summed E-state index contributed by atoms with van der Waals surface area (Å²) < 4.78 is 26.9. The van der Waals surface area contributed by atoms with Crippen molar-refractivity contribution in [1.82, 2.24) is 16.2 Å². The Morgan fingerprint density at radius 2 is 1.39 bits per heavy atom. The molecule has 1 aliphatic heterocycles. The number of hydrogen-bond donors (Lipinski definition) is 3. The first-order valence-electron chi connectivity index (χ1n) is 9.80. The Morgan fingerprint density at radius 1 is 0.806 bits per heavy atom. The van der Waals surface area contributed by atoms with Gasteiger partial charge in [0.05, 0.1) is 35.5 Å². The summed E-state index contributed by atoms with van der Waals surface area (Å²) in [6.45, 7) is 2.03. The fourth-order valence-corrected chi connectivity index (χ4v) is 3.75. The summed E-state index contributed by atoms with van der Waals surface area (Å²) in [6.07, 6.45) is -0.387. The molecule has 0 radical (unpaired) electrons. The first-order valence-corrected chi connectivity index (χ1v) is 9.80. The molecule has 31 heavy (non-hydrogen) atoms. The van der Waals surface area contributed by atoms with Crippen molar-refractivity contribution in [2.75, 3.05) is 35.5 Å². The summed E-state index contributed by atoms with van der Waals surface area (Å²) >= 11 is 0. The minimum absolute atomic E-state index is 0.0213. The lowest BCUT2D eigenvalue weighted by Crippen LogP contribution is -2.46. The number of methoxy groups -OCH3 is 5. The number of nitrogens with one attached hydrogen (secondary N) is 3. The zero-order valence-corrected chi connectivity index (χ0v) is 18.6. The Labute approximate surface area is 181 Å². The normalized spacial score (nSPS) is 20.1. The van der Waals surface area contributed by atoms with Gasteiger partial charge in [-0.05, 0) is 36.8 Å². The van der Waals surface area contributed by atoms with Gasteiger partial charge >= 0.3 is 0 Å². The van der Waals surface area contributed by atoms with E-state index in [1.54, 1.807) is 53.7 Å². The van der Waals surface area contributed by atoms with E-state index in [1.807, 2.05) is 19.1 Å². The summed E-state index contributed by atoms with van der Waals surface area (Å²) in [6, 6.07) is 8.85. The van der Waals surface area contributed by atoms with Crippen LogP contribution in [0.2, 0.25) is 0 Å². The quantitative estimate of drug-likeness (QED) is 0.584. The van der Waals surface area contributed by atoms with Crippen LogP contribution in [-0.2, 0) is 0 Å². The van der Waals surface area contributed by atoms with Crippen LogP contribution >= 0.6 is 0 Å². The van der Waals surface area contributed by atoms with E-state index in [2.05, 4.69) is 16.2 Å². The maximum Gasteiger partial charge on any atom is 0.252 e. The van der Waals surface area contributed by atoms with Gasteiger partial charge in [-0.2, -0.15) is 0 Å². The van der Waals surface area contributed by atoms with Crippen molar-refractivity contribution in [2.24, 2.45) is 0 Å². The average molecular weight is 431 g/mol. The molecule has 9 heteroatoms. The second kappa shape index (κ2) is 9.76. The number of carbonyl (C=O) groups is 1. The monoisotopic (exact) mass is 431 g/mol. The van der Waals surface area contributed by atoms with Crippen LogP contribution < -0.4 is 39.9 Å². The zero-order valence-electron chi connectivity index (χ0n) is 18.6. The molecule has 3 atom stereocenters. The minimum atomic E-state index is -0.387. The van der Waals surface area contributed by atoms with E-state index in [4.69, 9.17) is 23.7 Å². The fourth-order valence-electron chi connectivity index (χ4n) is 3.75. The van der Waals surface area contributed by atoms with Crippen LogP contribution in [-0.4, -0.2) is 53.7 Å². The van der Waals surface area contributed by atoms with E-state index in [0.717, 1.165) is 5.56 Å². The van der Waals surface area contributed by atoms with Crippen molar-refractivity contribution >= 4 is 5.91 Å². The summed E-state index contributed by atoms with van der Waals surface area (Å²) in [5.41, 5.74) is 7.71. The molecule has 168 valence electrons. The van der Waals surface area contributed by atoms with Gasteiger partial charge < -0.3 is 29.0 Å². The Kier molecular flexibility index (Phi) is 7.09. The lowest BCUT2D eigenvalue weighted by Gasteiger charge is -2.24. The summed E-state index contributed by atoms with van der Waals surface area (Å²) in [4.78, 5) is 13.0. The Morgan fingerprint density at radius 3 is 1.87 bits per heavy atom. The highest BCUT2D eigenvalue weighted by Gasteiger charge is 2.36. The Balaban J connectivity index is 1.90. The third kappa shape index (κ3) is 4.62. The largest absolute Gasteiger partial charge is 0.497 e. The van der Waals surface area contributed by atoms with E-state index < -0.39 is 0 Å². The van der Waals surface area contributed by atoms with E-state index >= 15 is 0 Å². The predicted octanol–water partition coefficient (Wildman–Crippen LogP) is 2.07. The van der Waals surface area contributed by atoms with Crippen molar-refractivity contribution in [3.63, 3.8) is 0 Å². The number of amides is 1. The van der Waals surface area contributed by atoms with Crippen LogP contribution in [0.5, 0.6) is 28.7 Å². The molecule has 2 aromatic carbocycles. The molecule has 1 aliphatic rings. The molecular weight excluding hydrogens is 402 g/mol. The average Bonchev–Trinajstić information content (AvgIpc) is 3.16. The molecule has 2 aromatic rings. The van der Waals surface area contributed by atoms with Crippen molar-refractivity contribution in [2.45, 2.75) is 25.0 Å². The molecule has 9 nitrogen and oxygen atoms in total. The van der Waals surface area contributed by atoms with Crippen LogP contribution in [0.1, 0.15) is 28.8 Å². The van der Waals surface area contributed by atoms with Gasteiger partial charge in [0.1, 0.15) is 17.7 Å². The van der Waals surface area contributed by atoms with E-state index in [9.17, 15) is 4.79 Å². The molecule has 0 bridgehead atoms. The lowest BCUT2D eigenvalue weighted by molar-refractivity contribution is 0.0927. The molecule has 3 rings (SSSR count). The zero-order chi connectivity index (χ0) is 22.5. The molecule has 0 saturated carbocycles. The third-order valence-electron chi connectivity index (χ3n) is 5.34. The molecule has 1 amide bonds. The smallest absolute Gasteiger partial charge is 0.252 e. The molecule has 1 heterocycles. The SMILES string of the molecule is COc1cc(OC)cc(C(=O)NC2NNC(C)C2c2cc(OC)c(OC)c(OC)c2)c1. The maximum atomic E-state index is 13.0. The van der Waals surface area contributed by atoms with Crippen molar-refractivity contribution in [1.29, 1.82) is 0 Å². The number of rotatable bonds is 8. The van der Waals surface area contributed by atoms with Gasteiger partial charge in [-0.3, -0.25) is 10.2 Å². The number of hydrazine groups is 1. The summed E-state index contributed by atoms with van der Waals surface area (Å²) in [5, 5.41) is 3.04. The predicted molar refractivity (Wildman–Crippen MR) is 115 cm³/mol. The van der Waals surface area contributed by atoms with E-state index in [0.29, 0.717) is 34.3 Å². The van der Waals surface area contributed by atoms with E-state index in [-0.39, 0.29) is 24.0 Å². The fraction of sp³-hybridized carbons (Fsp3) is 0.409. The molecule has 0 spiro atoms. The van der Waals surface area contributed by atoms with Crippen LogP contribution in [0.3, 0.4) is 0 Å². The number of hydrogen-bond acceptors (Lipinski definition) is 8. The summed E-state index contributed by atoms with van der Waals surface area (Å²) in [5.74, 6) is 2.34. The second-order valence-electron chi connectivity index (χ2n) is 7.11. The van der Waals surface area contributed by atoms with Gasteiger partial charge in [-0.25, -0.2) is 5.43 Å². The number of carbonyl (C=O) groups excluding carboxylic acids is 1. The molecule has 3 N–H and O–H groups in total. The minimum Gasteiger partial charge on any atom is -0.497 e. The highest BCUT2D eigenvalue weighted by molar-refractivity contribution is 5.95. The van der Waals surface area contributed by atoms with Gasteiger partial charge in [-0.1, -0.05) is 0 Å². The van der Waals surface area contributed by atoms with Crippen molar-refractivity contribution in [3.05, 3.63) is 41.5 Å². The van der Waals surface area contributed by atoms with Crippen LogP contribution in [0.25, 0.3) is 0 Å². The van der Waals surface area contributed by atoms with Crippen molar-refractivity contribution < 1.29 is 28.5 Å². The first kappa shape index (κ1) is 22.5. The second-order valence-corrected chi connectivity index (χ2v) is 7.11.